The number of ether oxygens (including phenoxy) is 3. The molecule has 26 heavy (non-hydrogen) atoms. The summed E-state index contributed by atoms with van der Waals surface area (Å²) >= 11 is 5.61. The Morgan fingerprint density at radius 2 is 1.85 bits per heavy atom. The van der Waals surface area contributed by atoms with E-state index >= 15 is 0 Å². The number of nitrogens with zero attached hydrogens (tertiary/aromatic N) is 3. The molecule has 1 aromatic heterocycles. The SMILES string of the molecule is COc1ccc(-c2nn(C[NH+]3CCC4(CC3)OCCO4)c(=S)n2C)cc1. The quantitative estimate of drug-likeness (QED) is 0.806. The van der Waals surface area contributed by atoms with Crippen LogP contribution in [0.1, 0.15) is 12.8 Å². The van der Waals surface area contributed by atoms with Crippen molar-refractivity contribution >= 4 is 12.2 Å². The molecule has 8 heteroatoms. The summed E-state index contributed by atoms with van der Waals surface area (Å²) in [7, 11) is 3.63. The molecule has 0 atom stereocenters. The Balaban J connectivity index is 1.48. The molecule has 3 heterocycles. The van der Waals surface area contributed by atoms with E-state index < -0.39 is 0 Å². The fourth-order valence-electron chi connectivity index (χ4n) is 3.72. The molecule has 0 amide bonds. The van der Waals surface area contributed by atoms with Crippen molar-refractivity contribution in [2.75, 3.05) is 33.4 Å². The molecule has 7 nitrogen and oxygen atoms in total. The van der Waals surface area contributed by atoms with Crippen LogP contribution in [0.5, 0.6) is 5.75 Å². The fourth-order valence-corrected chi connectivity index (χ4v) is 3.91. The zero-order valence-corrected chi connectivity index (χ0v) is 16.1. The molecule has 1 spiro atoms. The predicted octanol–water partition coefficient (Wildman–Crippen LogP) is 1.01. The van der Waals surface area contributed by atoms with Crippen LogP contribution in [0.15, 0.2) is 24.3 Å². The highest BCUT2D eigenvalue weighted by Gasteiger charge is 2.41. The van der Waals surface area contributed by atoms with Gasteiger partial charge in [0.25, 0.3) is 0 Å². The highest BCUT2D eigenvalue weighted by molar-refractivity contribution is 7.71. The molecule has 1 aromatic carbocycles. The van der Waals surface area contributed by atoms with E-state index in [9.17, 15) is 0 Å². The first-order chi connectivity index (χ1) is 12.6. The van der Waals surface area contributed by atoms with Crippen LogP contribution in [0.2, 0.25) is 0 Å². The summed E-state index contributed by atoms with van der Waals surface area (Å²) in [5, 5.41) is 4.77. The number of quaternary nitrogens is 1. The zero-order valence-electron chi connectivity index (χ0n) is 15.2. The fraction of sp³-hybridized carbons (Fsp3) is 0.556. The standard InChI is InChI=1S/C18H24N4O3S/c1-20-16(14-3-5-15(23-2)6-4-14)19-22(17(20)26)13-21-9-7-18(8-10-21)24-11-12-25-18/h3-6H,7-13H2,1-2H3/p+1. The Bertz CT molecular complexity index is 814. The average molecular weight is 377 g/mol. The van der Waals surface area contributed by atoms with Crippen LogP contribution >= 0.6 is 12.2 Å². The van der Waals surface area contributed by atoms with Crippen LogP contribution in [-0.4, -0.2) is 53.5 Å². The van der Waals surface area contributed by atoms with E-state index in [1.54, 1.807) is 7.11 Å². The van der Waals surface area contributed by atoms with Gasteiger partial charge < -0.3 is 23.7 Å². The third kappa shape index (κ3) is 3.29. The first kappa shape index (κ1) is 17.7. The first-order valence-electron chi connectivity index (χ1n) is 9.00. The molecular weight excluding hydrogens is 352 g/mol. The first-order valence-corrected chi connectivity index (χ1v) is 9.41. The predicted molar refractivity (Wildman–Crippen MR) is 98.6 cm³/mol. The molecule has 2 aliphatic rings. The van der Waals surface area contributed by atoms with Crippen LogP contribution in [0, 0.1) is 4.77 Å². The van der Waals surface area contributed by atoms with Gasteiger partial charge in [-0.05, 0) is 36.5 Å². The van der Waals surface area contributed by atoms with E-state index in [0.29, 0.717) is 13.2 Å². The number of aromatic nitrogens is 3. The maximum absolute atomic E-state index is 5.81. The summed E-state index contributed by atoms with van der Waals surface area (Å²) in [6, 6.07) is 7.89. The summed E-state index contributed by atoms with van der Waals surface area (Å²) in [5.74, 6) is 1.37. The van der Waals surface area contributed by atoms with Gasteiger partial charge in [-0.3, -0.25) is 0 Å². The van der Waals surface area contributed by atoms with Gasteiger partial charge in [0.2, 0.25) is 4.77 Å². The second-order valence-corrected chi connectivity index (χ2v) is 7.27. The van der Waals surface area contributed by atoms with Crippen LogP contribution in [0.25, 0.3) is 11.4 Å². The van der Waals surface area contributed by atoms with Crippen LogP contribution < -0.4 is 9.64 Å². The summed E-state index contributed by atoms with van der Waals surface area (Å²) < 4.78 is 21.5. The van der Waals surface area contributed by atoms with E-state index in [4.69, 9.17) is 31.5 Å². The Morgan fingerprint density at radius 1 is 1.19 bits per heavy atom. The molecule has 2 fully saturated rings. The highest BCUT2D eigenvalue weighted by atomic mass is 32.1. The summed E-state index contributed by atoms with van der Waals surface area (Å²) in [6.07, 6.45) is 1.85. The van der Waals surface area contributed by atoms with Crippen molar-refractivity contribution in [1.82, 2.24) is 14.3 Å². The van der Waals surface area contributed by atoms with E-state index in [1.807, 2.05) is 40.6 Å². The lowest BCUT2D eigenvalue weighted by Crippen LogP contribution is -3.13. The number of hydrogen-bond acceptors (Lipinski definition) is 5. The minimum absolute atomic E-state index is 0.330. The van der Waals surface area contributed by atoms with Gasteiger partial charge in [0.15, 0.2) is 18.3 Å². The van der Waals surface area contributed by atoms with Crippen molar-refractivity contribution in [2.45, 2.75) is 25.3 Å². The van der Waals surface area contributed by atoms with Crippen molar-refractivity contribution < 1.29 is 19.1 Å². The molecule has 0 unspecified atom stereocenters. The lowest BCUT2D eigenvalue weighted by Gasteiger charge is -2.34. The minimum Gasteiger partial charge on any atom is -0.497 e. The second kappa shape index (κ2) is 7.11. The van der Waals surface area contributed by atoms with Crippen LogP contribution in [0.4, 0.5) is 0 Å². The normalized spacial score (nSPS) is 19.9. The molecule has 2 saturated heterocycles. The molecule has 0 bridgehead atoms. The molecule has 0 radical (unpaired) electrons. The zero-order chi connectivity index (χ0) is 18.1. The highest BCUT2D eigenvalue weighted by Crippen LogP contribution is 2.27. The molecule has 0 aliphatic carbocycles. The van der Waals surface area contributed by atoms with E-state index in [-0.39, 0.29) is 5.79 Å². The third-order valence-electron chi connectivity index (χ3n) is 5.29. The number of nitrogens with one attached hydrogen (secondary N) is 1. The number of benzene rings is 1. The number of methoxy groups -OCH3 is 1. The number of piperidine rings is 1. The maximum Gasteiger partial charge on any atom is 0.202 e. The summed E-state index contributed by atoms with van der Waals surface area (Å²) in [4.78, 5) is 1.45. The van der Waals surface area contributed by atoms with Crippen LogP contribution in [0.3, 0.4) is 0 Å². The monoisotopic (exact) mass is 377 g/mol. The van der Waals surface area contributed by atoms with E-state index in [1.165, 1.54) is 4.90 Å². The molecule has 1 N–H and O–H groups in total. The third-order valence-corrected chi connectivity index (χ3v) is 5.78. The lowest BCUT2D eigenvalue weighted by molar-refractivity contribution is -0.931. The number of hydrogen-bond donors (Lipinski definition) is 1. The maximum atomic E-state index is 5.81. The van der Waals surface area contributed by atoms with Gasteiger partial charge in [0.05, 0.1) is 46.3 Å². The van der Waals surface area contributed by atoms with Crippen molar-refractivity contribution in [2.24, 2.45) is 7.05 Å². The summed E-state index contributed by atoms with van der Waals surface area (Å²) in [5.41, 5.74) is 1.03. The van der Waals surface area contributed by atoms with Gasteiger partial charge in [0.1, 0.15) is 5.75 Å². The largest absolute Gasteiger partial charge is 0.497 e. The van der Waals surface area contributed by atoms with Gasteiger partial charge in [0, 0.05) is 12.6 Å². The molecular formula is C18H25N4O3S+. The Labute approximate surface area is 158 Å². The van der Waals surface area contributed by atoms with E-state index in [0.717, 1.165) is 54.5 Å². The van der Waals surface area contributed by atoms with Crippen molar-refractivity contribution in [3.05, 3.63) is 29.0 Å². The van der Waals surface area contributed by atoms with Gasteiger partial charge in [-0.15, -0.1) is 5.10 Å². The Hall–Kier alpha value is -1.74. The van der Waals surface area contributed by atoms with Gasteiger partial charge in [-0.25, -0.2) is 0 Å². The second-order valence-electron chi connectivity index (χ2n) is 6.91. The number of likely N-dealkylation sites (tertiary alicyclic amines) is 1. The van der Waals surface area contributed by atoms with Crippen molar-refractivity contribution in [3.8, 4) is 17.1 Å². The van der Waals surface area contributed by atoms with Gasteiger partial charge in [-0.2, -0.15) is 4.68 Å². The van der Waals surface area contributed by atoms with E-state index in [2.05, 4.69) is 0 Å². The Kier molecular flexibility index (Phi) is 4.83. The van der Waals surface area contributed by atoms with Gasteiger partial charge in [-0.1, -0.05) is 0 Å². The molecule has 4 rings (SSSR count). The van der Waals surface area contributed by atoms with Crippen LogP contribution in [-0.2, 0) is 23.2 Å². The number of rotatable bonds is 4. The van der Waals surface area contributed by atoms with Gasteiger partial charge >= 0.3 is 0 Å². The summed E-state index contributed by atoms with van der Waals surface area (Å²) in [6.45, 7) is 4.18. The Morgan fingerprint density at radius 3 is 2.46 bits per heavy atom. The smallest absolute Gasteiger partial charge is 0.202 e. The lowest BCUT2D eigenvalue weighted by atomic mass is 10.0. The average Bonchev–Trinajstić information content (AvgIpc) is 3.24. The molecule has 2 aliphatic heterocycles. The van der Waals surface area contributed by atoms with Crippen molar-refractivity contribution in [1.29, 1.82) is 0 Å². The molecule has 140 valence electrons. The molecule has 0 saturated carbocycles. The topological polar surface area (TPSA) is 54.9 Å². The minimum atomic E-state index is -0.330. The molecule has 2 aromatic rings. The van der Waals surface area contributed by atoms with Crippen molar-refractivity contribution in [3.63, 3.8) is 0 Å².